The highest BCUT2D eigenvalue weighted by atomic mass is 33.1. The molecule has 1 aliphatic carbocycles. The molecule has 0 saturated carbocycles. The van der Waals surface area contributed by atoms with E-state index in [1.807, 2.05) is 21.6 Å². The van der Waals surface area contributed by atoms with Crippen LogP contribution in [0.4, 0.5) is 0 Å². The first-order chi connectivity index (χ1) is 10.4. The molecule has 0 bridgehead atoms. The number of hydrogen-bond donors (Lipinski definition) is 0. The fraction of sp³-hybridized carbons (Fsp3) is 0.0526. The van der Waals surface area contributed by atoms with Gasteiger partial charge in [0.15, 0.2) is 0 Å². The predicted molar refractivity (Wildman–Crippen MR) is 95.6 cm³/mol. The maximum absolute atomic E-state index is 2.32. The zero-order valence-electron chi connectivity index (χ0n) is 11.4. The second kappa shape index (κ2) is 5.63. The molecule has 21 heavy (non-hydrogen) atoms. The van der Waals surface area contributed by atoms with Crippen molar-refractivity contribution in [3.63, 3.8) is 0 Å². The lowest BCUT2D eigenvalue weighted by Crippen LogP contribution is -1.96. The van der Waals surface area contributed by atoms with Gasteiger partial charge in [-0.15, -0.1) is 0 Å². The highest BCUT2D eigenvalue weighted by Gasteiger charge is 2.18. The Balaban J connectivity index is 1.67. The number of hydrogen-bond acceptors (Lipinski definition) is 2. The molecule has 2 heteroatoms. The van der Waals surface area contributed by atoms with E-state index < -0.39 is 0 Å². The minimum atomic E-state index is 0.411. The van der Waals surface area contributed by atoms with Gasteiger partial charge in [0, 0.05) is 4.90 Å². The first-order valence-corrected chi connectivity index (χ1v) is 9.21. The van der Waals surface area contributed by atoms with Crippen LogP contribution in [0.25, 0.3) is 16.8 Å². The lowest BCUT2D eigenvalue weighted by Gasteiger charge is -2.20. The first-order valence-electron chi connectivity index (χ1n) is 7.00. The van der Waals surface area contributed by atoms with Gasteiger partial charge in [-0.2, -0.15) is 0 Å². The molecule has 3 aromatic carbocycles. The lowest BCUT2D eigenvalue weighted by atomic mass is 9.93. The summed E-state index contributed by atoms with van der Waals surface area (Å²) >= 11 is 0. The van der Waals surface area contributed by atoms with Crippen molar-refractivity contribution in [3.8, 4) is 0 Å². The van der Waals surface area contributed by atoms with E-state index in [4.69, 9.17) is 0 Å². The van der Waals surface area contributed by atoms with E-state index in [1.54, 1.807) is 0 Å². The van der Waals surface area contributed by atoms with Crippen molar-refractivity contribution in [2.75, 3.05) is 0 Å². The Kier molecular flexibility index (Phi) is 3.50. The van der Waals surface area contributed by atoms with Gasteiger partial charge in [0.05, 0.1) is 5.25 Å². The van der Waals surface area contributed by atoms with Crippen molar-refractivity contribution in [1.82, 2.24) is 0 Å². The highest BCUT2D eigenvalue weighted by Crippen LogP contribution is 2.47. The molecule has 0 radical (unpaired) electrons. The average Bonchev–Trinajstić information content (AvgIpc) is 2.56. The molecular weight excluding hydrogens is 292 g/mol. The van der Waals surface area contributed by atoms with Gasteiger partial charge >= 0.3 is 0 Å². The molecule has 0 saturated heterocycles. The molecule has 4 rings (SSSR count). The molecule has 1 aliphatic rings. The summed E-state index contributed by atoms with van der Waals surface area (Å²) in [7, 11) is 3.77. The molecular formula is C19H14S2. The number of rotatable bonds is 3. The van der Waals surface area contributed by atoms with E-state index in [1.165, 1.54) is 26.8 Å². The third kappa shape index (κ3) is 2.50. The van der Waals surface area contributed by atoms with Crippen LogP contribution in [-0.2, 0) is 0 Å². The van der Waals surface area contributed by atoms with Gasteiger partial charge in [-0.3, -0.25) is 0 Å². The lowest BCUT2D eigenvalue weighted by molar-refractivity contribution is 1.26. The van der Waals surface area contributed by atoms with Crippen molar-refractivity contribution < 1.29 is 0 Å². The largest absolute Gasteiger partial charge is 0.0764 e. The van der Waals surface area contributed by atoms with Crippen LogP contribution in [0, 0.1) is 0 Å². The Morgan fingerprint density at radius 1 is 0.762 bits per heavy atom. The summed E-state index contributed by atoms with van der Waals surface area (Å²) < 4.78 is 0. The number of benzene rings is 3. The Morgan fingerprint density at radius 2 is 1.57 bits per heavy atom. The molecule has 102 valence electrons. The smallest absolute Gasteiger partial charge is 0.0594 e. The van der Waals surface area contributed by atoms with E-state index >= 15 is 0 Å². The van der Waals surface area contributed by atoms with Crippen LogP contribution < -0.4 is 0 Å². The van der Waals surface area contributed by atoms with E-state index in [2.05, 4.69) is 78.9 Å². The SMILES string of the molecule is C1=CC(SSc2ccccc2)c2cccc3cccc1c23. The van der Waals surface area contributed by atoms with Crippen molar-refractivity contribution in [2.45, 2.75) is 10.1 Å². The van der Waals surface area contributed by atoms with Crippen LogP contribution in [0.3, 0.4) is 0 Å². The monoisotopic (exact) mass is 306 g/mol. The Morgan fingerprint density at radius 3 is 2.43 bits per heavy atom. The second-order valence-corrected chi connectivity index (χ2v) is 7.48. The second-order valence-electron chi connectivity index (χ2n) is 5.06. The van der Waals surface area contributed by atoms with Crippen LogP contribution in [0.15, 0.2) is 77.7 Å². The normalized spacial score (nSPS) is 16.3. The van der Waals surface area contributed by atoms with Gasteiger partial charge in [0.2, 0.25) is 0 Å². The van der Waals surface area contributed by atoms with Crippen LogP contribution in [0.2, 0.25) is 0 Å². The van der Waals surface area contributed by atoms with Gasteiger partial charge < -0.3 is 0 Å². The topological polar surface area (TPSA) is 0 Å². The molecule has 0 aliphatic heterocycles. The standard InChI is InChI=1S/C19H14S2/c1-2-9-16(10-3-1)20-21-18-13-12-15-7-4-6-14-8-5-11-17(18)19(14)15/h1-13,18H. The van der Waals surface area contributed by atoms with E-state index in [0.717, 1.165) is 0 Å². The van der Waals surface area contributed by atoms with E-state index in [9.17, 15) is 0 Å². The Labute approximate surface area is 132 Å². The minimum absolute atomic E-state index is 0.411. The third-order valence-electron chi connectivity index (χ3n) is 3.72. The fourth-order valence-corrected chi connectivity index (χ4v) is 5.14. The van der Waals surface area contributed by atoms with E-state index in [-0.39, 0.29) is 0 Å². The van der Waals surface area contributed by atoms with Gasteiger partial charge in [0.25, 0.3) is 0 Å². The van der Waals surface area contributed by atoms with Crippen molar-refractivity contribution in [3.05, 3.63) is 83.9 Å². The van der Waals surface area contributed by atoms with Gasteiger partial charge in [-0.25, -0.2) is 0 Å². The summed E-state index contributed by atoms with van der Waals surface area (Å²) in [6.07, 6.45) is 4.58. The zero-order valence-corrected chi connectivity index (χ0v) is 13.0. The molecule has 0 fully saturated rings. The summed E-state index contributed by atoms with van der Waals surface area (Å²) in [5, 5.41) is 3.16. The molecule has 1 unspecified atom stereocenters. The summed E-state index contributed by atoms with van der Waals surface area (Å²) in [5.41, 5.74) is 2.77. The van der Waals surface area contributed by atoms with Crippen molar-refractivity contribution in [2.24, 2.45) is 0 Å². The summed E-state index contributed by atoms with van der Waals surface area (Å²) in [5.74, 6) is 0. The van der Waals surface area contributed by atoms with Crippen LogP contribution in [0.5, 0.6) is 0 Å². The molecule has 0 nitrogen and oxygen atoms in total. The summed E-state index contributed by atoms with van der Waals surface area (Å²) in [6.45, 7) is 0. The van der Waals surface area contributed by atoms with E-state index in [0.29, 0.717) is 5.25 Å². The summed E-state index contributed by atoms with van der Waals surface area (Å²) in [6, 6.07) is 23.8. The molecule has 3 aromatic rings. The molecule has 0 amide bonds. The van der Waals surface area contributed by atoms with Gasteiger partial charge in [-0.1, -0.05) is 88.3 Å². The average molecular weight is 306 g/mol. The molecule has 1 atom stereocenters. The Bertz CT molecular complexity index is 801. The van der Waals surface area contributed by atoms with Gasteiger partial charge in [-0.05, 0) is 34.0 Å². The molecule has 0 heterocycles. The van der Waals surface area contributed by atoms with Gasteiger partial charge in [0.1, 0.15) is 0 Å². The maximum Gasteiger partial charge on any atom is 0.0594 e. The maximum atomic E-state index is 2.32. The third-order valence-corrected chi connectivity index (χ3v) is 6.38. The summed E-state index contributed by atoms with van der Waals surface area (Å²) in [4.78, 5) is 1.31. The highest BCUT2D eigenvalue weighted by molar-refractivity contribution is 8.76. The molecule has 0 aromatic heterocycles. The fourth-order valence-electron chi connectivity index (χ4n) is 2.74. The van der Waals surface area contributed by atoms with Crippen molar-refractivity contribution >= 4 is 38.4 Å². The quantitative estimate of drug-likeness (QED) is 0.517. The molecule has 0 N–H and O–H groups in total. The van der Waals surface area contributed by atoms with Crippen molar-refractivity contribution in [1.29, 1.82) is 0 Å². The zero-order chi connectivity index (χ0) is 14.1. The van der Waals surface area contributed by atoms with Crippen LogP contribution >= 0.6 is 21.6 Å². The minimum Gasteiger partial charge on any atom is -0.0764 e. The molecule has 0 spiro atoms. The van der Waals surface area contributed by atoms with Crippen LogP contribution in [0.1, 0.15) is 16.4 Å². The first kappa shape index (κ1) is 13.1. The van der Waals surface area contributed by atoms with Crippen LogP contribution in [-0.4, -0.2) is 0 Å². The Hall–Kier alpha value is -1.64. The predicted octanol–water partition coefficient (Wildman–Crippen LogP) is 6.35.